The van der Waals surface area contributed by atoms with Crippen molar-refractivity contribution < 1.29 is 62.0 Å². The van der Waals surface area contributed by atoms with Crippen LogP contribution >= 0.6 is 0 Å². The number of amides is 1. The number of nitrogens with zero attached hydrogens (tertiary/aromatic N) is 2. The second-order valence-corrected chi connectivity index (χ2v) is 15.1. The molecular formula is C43H51N3O11. The highest BCUT2D eigenvalue weighted by molar-refractivity contribution is 6.28. The van der Waals surface area contributed by atoms with Crippen molar-refractivity contribution in [2.75, 3.05) is 12.4 Å². The van der Waals surface area contributed by atoms with Crippen LogP contribution in [-0.4, -0.2) is 84.8 Å². The predicted octanol–water partition coefficient (Wildman–Crippen LogP) is 6.16. The summed E-state index contributed by atoms with van der Waals surface area (Å²) in [5.41, 5.74) is -2.53. The Bertz CT molecular complexity index is 2660. The van der Waals surface area contributed by atoms with Crippen molar-refractivity contribution >= 4 is 50.8 Å². The van der Waals surface area contributed by atoms with Crippen molar-refractivity contribution in [2.45, 2.75) is 92.4 Å². The van der Waals surface area contributed by atoms with Crippen molar-refractivity contribution in [1.29, 1.82) is 0 Å². The van der Waals surface area contributed by atoms with Gasteiger partial charge < -0.3 is 44.7 Å². The van der Waals surface area contributed by atoms with E-state index in [0.717, 1.165) is 10.7 Å². The molecule has 57 heavy (non-hydrogen) atoms. The predicted molar refractivity (Wildman–Crippen MR) is 213 cm³/mol. The maximum Gasteiger partial charge on any atom is 0.312 e. The number of nitrogens with one attached hydrogen (secondary N) is 1. The number of imidazole rings is 1. The van der Waals surface area contributed by atoms with Gasteiger partial charge >= 0.3 is 11.8 Å². The topological polar surface area (TPSA) is 198 Å². The lowest BCUT2D eigenvalue weighted by Gasteiger charge is -2.38. The van der Waals surface area contributed by atoms with Crippen LogP contribution in [0.15, 0.2) is 54.4 Å². The third kappa shape index (κ3) is 7.10. The molecule has 5 heterocycles. The molecule has 0 aliphatic carbocycles. The van der Waals surface area contributed by atoms with E-state index in [-0.39, 0.29) is 44.3 Å². The highest BCUT2D eigenvalue weighted by Crippen LogP contribution is 2.54. The number of benzene rings is 2. The van der Waals surface area contributed by atoms with Gasteiger partial charge in [0.05, 0.1) is 39.6 Å². The Balaban J connectivity index is 1.66. The summed E-state index contributed by atoms with van der Waals surface area (Å²) in [6, 6.07) is -1.62. The van der Waals surface area contributed by atoms with Crippen LogP contribution in [0.25, 0.3) is 27.5 Å². The van der Waals surface area contributed by atoms with Gasteiger partial charge in [-0.2, -0.15) is 0 Å². The molecule has 1 amide bonds. The zero-order valence-corrected chi connectivity index (χ0v) is 33.0. The summed E-state index contributed by atoms with van der Waals surface area (Å²) in [7, 11) is 1.40. The molecular weight excluding hydrogens is 734 g/mol. The minimum absolute atomic E-state index is 0.0317. The minimum atomic E-state index is -3.03. The molecule has 7 rings (SSSR count). The molecule has 0 saturated heterocycles. The van der Waals surface area contributed by atoms with E-state index in [2.05, 4.69) is 10.3 Å². The average Bonchev–Trinajstić information content (AvgIpc) is 3.74. The summed E-state index contributed by atoms with van der Waals surface area (Å²) in [4.78, 5) is 45.6. The third-order valence-corrected chi connectivity index (χ3v) is 11.2. The van der Waals surface area contributed by atoms with Crippen molar-refractivity contribution in [1.82, 2.24) is 9.38 Å². The standard InChI is InChI=1S/C43H51N3O11/c1-19-14-16-46-28(18-19)44-32-29-30-37(50)25(7)40-31(29)41(52)43(9,57-40)55-17-15-27(54-10)22(4)39(56-26(8)47)24(6)36(49)23(5)35(48)20(2)12-11-13-21(3)42(53)45-33(34(32)46)38(30)51/h11-18,20,22-24,27,35-36,39,48-51H,1-10H3,(H,45,53)/t20-,22+,23+,24+,27-,35-,36+,39+,43-/m0/s1/i1D3,14D,16D,18D. The number of allylic oxidation sites excluding steroid dienone is 2. The Morgan fingerprint density at radius 2 is 1.77 bits per heavy atom. The normalized spacial score (nSPS) is 30.5. The lowest BCUT2D eigenvalue weighted by molar-refractivity contribution is -0.160. The Morgan fingerprint density at radius 3 is 2.44 bits per heavy atom. The summed E-state index contributed by atoms with van der Waals surface area (Å²) in [5, 5.41) is 48.8. The smallest absolute Gasteiger partial charge is 0.312 e. The summed E-state index contributed by atoms with van der Waals surface area (Å²) < 4.78 is 75.2. The Morgan fingerprint density at radius 1 is 1.05 bits per heavy atom. The fourth-order valence-corrected chi connectivity index (χ4v) is 7.74. The Kier molecular flexibility index (Phi) is 9.15. The number of esters is 1. The first-order valence-corrected chi connectivity index (χ1v) is 18.5. The number of fused-ring (bicyclic) bond motifs is 14. The fourth-order valence-electron chi connectivity index (χ4n) is 7.74. The van der Waals surface area contributed by atoms with E-state index >= 15 is 0 Å². The van der Waals surface area contributed by atoms with Gasteiger partial charge in [-0.05, 0) is 44.4 Å². The molecule has 2 aromatic heterocycles. The second kappa shape index (κ2) is 15.5. The summed E-state index contributed by atoms with van der Waals surface area (Å²) in [6.45, 7) is 9.09. The van der Waals surface area contributed by atoms with Gasteiger partial charge in [0.2, 0.25) is 0 Å². The molecule has 304 valence electrons. The van der Waals surface area contributed by atoms with Crippen LogP contribution in [0.2, 0.25) is 0 Å². The van der Waals surface area contributed by atoms with E-state index in [1.165, 1.54) is 53.0 Å². The quantitative estimate of drug-likeness (QED) is 0.115. The Labute approximate surface area is 338 Å². The Hall–Kier alpha value is -5.44. The van der Waals surface area contributed by atoms with Crippen molar-refractivity contribution in [3.05, 3.63) is 71.1 Å². The molecule has 5 N–H and O–H groups in total. The number of ether oxygens (including phenoxy) is 4. The first-order chi connectivity index (χ1) is 29.3. The van der Waals surface area contributed by atoms with E-state index < -0.39 is 125 Å². The number of pyridine rings is 1. The molecule has 0 fully saturated rings. The number of carbonyl (C=O) groups excluding carboxylic acids is 3. The first-order valence-electron chi connectivity index (χ1n) is 21.5. The van der Waals surface area contributed by atoms with Crippen molar-refractivity contribution in [2.24, 2.45) is 23.7 Å². The van der Waals surface area contributed by atoms with Gasteiger partial charge in [0.25, 0.3) is 11.7 Å². The third-order valence-electron chi connectivity index (χ3n) is 11.2. The number of aliphatic hydroxyl groups is 2. The second-order valence-electron chi connectivity index (χ2n) is 15.1. The highest BCUT2D eigenvalue weighted by atomic mass is 16.7. The zero-order valence-electron chi connectivity index (χ0n) is 39.0. The molecule has 3 aliphatic heterocycles. The summed E-state index contributed by atoms with van der Waals surface area (Å²) >= 11 is 0. The number of hydrogen-bond donors (Lipinski definition) is 5. The van der Waals surface area contributed by atoms with Gasteiger partial charge in [0.1, 0.15) is 40.0 Å². The molecule has 4 aromatic rings. The lowest BCUT2D eigenvalue weighted by atomic mass is 9.78. The maximum absolute atomic E-state index is 14.7. The van der Waals surface area contributed by atoms with Crippen LogP contribution in [0.1, 0.15) is 78.2 Å². The number of hydrogen-bond acceptors (Lipinski definition) is 12. The highest BCUT2D eigenvalue weighted by Gasteiger charge is 2.50. The number of phenols is 2. The molecule has 5 bridgehead atoms. The van der Waals surface area contributed by atoms with Crippen LogP contribution in [0.5, 0.6) is 17.2 Å². The van der Waals surface area contributed by atoms with E-state index in [9.17, 15) is 34.8 Å². The van der Waals surface area contributed by atoms with Gasteiger partial charge in [-0.15, -0.1) is 0 Å². The molecule has 0 radical (unpaired) electrons. The number of aliphatic hydroxyl groups excluding tert-OH is 2. The number of rotatable bonds is 2. The monoisotopic (exact) mass is 791 g/mol. The van der Waals surface area contributed by atoms with Gasteiger partial charge in [-0.25, -0.2) is 4.98 Å². The number of anilines is 1. The van der Waals surface area contributed by atoms with E-state index in [4.69, 9.17) is 27.2 Å². The van der Waals surface area contributed by atoms with Gasteiger partial charge in [-0.3, -0.25) is 18.8 Å². The number of ketones is 1. The van der Waals surface area contributed by atoms with Crippen LogP contribution < -0.4 is 10.1 Å². The number of phenolic OH excluding ortho intramolecular Hbond substituents is 2. The lowest BCUT2D eigenvalue weighted by Crippen LogP contribution is -2.46. The van der Waals surface area contributed by atoms with E-state index in [1.807, 2.05) is 0 Å². The number of aromatic hydroxyl groups is 2. The molecule has 3 aliphatic rings. The van der Waals surface area contributed by atoms with Gasteiger partial charge in [-0.1, -0.05) is 45.9 Å². The van der Waals surface area contributed by atoms with Crippen LogP contribution in [0.3, 0.4) is 0 Å². The van der Waals surface area contributed by atoms with Crippen molar-refractivity contribution in [3.63, 3.8) is 0 Å². The molecule has 2 aromatic carbocycles. The molecule has 0 spiro atoms. The number of aromatic nitrogens is 2. The van der Waals surface area contributed by atoms with E-state index in [0.29, 0.717) is 0 Å². The first kappa shape index (κ1) is 33.7. The molecule has 9 atom stereocenters. The molecule has 14 heteroatoms. The fraction of sp³-hybridized carbons (Fsp3) is 0.442. The SMILES string of the molecule is [2H]c1c(C([2H])([2H])[2H])c([2H])c2nc3c4c5c6c(C)c(O)c4c(O)c(c3n2c1[2H])NC(=O)C(C)=CC=C[C@H](C)[C@H](O)[C@@H](C)[C@@H](O)[C@@H](C)[C@H](OC(C)=O)[C@H](C)[C@@H](OC)C=CO[C@@](C)(O6)C5=O. The van der Waals surface area contributed by atoms with E-state index in [1.54, 1.807) is 33.8 Å². The molecule has 0 unspecified atom stereocenters. The van der Waals surface area contributed by atoms with Crippen LogP contribution in [0, 0.1) is 37.4 Å². The number of methoxy groups -OCH3 is 1. The van der Waals surface area contributed by atoms with Gasteiger partial charge in [0.15, 0.2) is 5.75 Å². The molecule has 0 saturated carbocycles. The average molecular weight is 792 g/mol. The summed E-state index contributed by atoms with van der Waals surface area (Å²) in [5.74, 6) is -8.76. The molecule has 14 nitrogen and oxygen atoms in total. The van der Waals surface area contributed by atoms with Crippen molar-refractivity contribution in [3.8, 4) is 17.2 Å². The van der Waals surface area contributed by atoms with Gasteiger partial charge in [0, 0.05) is 71.4 Å². The largest absolute Gasteiger partial charge is 0.507 e. The minimum Gasteiger partial charge on any atom is -0.507 e. The number of Topliss-reactive ketones (excluding diaryl/α,β-unsaturated/α-hetero) is 1. The number of carbonyl (C=O) groups is 3. The van der Waals surface area contributed by atoms with Crippen LogP contribution in [0.4, 0.5) is 5.69 Å². The summed E-state index contributed by atoms with van der Waals surface area (Å²) in [6.07, 6.45) is 2.21. The maximum atomic E-state index is 14.7. The van der Waals surface area contributed by atoms with Crippen LogP contribution in [-0.2, 0) is 23.8 Å². The zero-order chi connectivity index (χ0) is 46.9.